The van der Waals surface area contributed by atoms with Crippen LogP contribution in [0.1, 0.15) is 28.3 Å². The predicted molar refractivity (Wildman–Crippen MR) is 71.0 cm³/mol. The van der Waals surface area contributed by atoms with E-state index in [1.807, 2.05) is 7.05 Å². The van der Waals surface area contributed by atoms with Crippen molar-refractivity contribution in [3.63, 3.8) is 0 Å². The fourth-order valence-corrected chi connectivity index (χ4v) is 2.24. The molecule has 1 unspecified atom stereocenters. The van der Waals surface area contributed by atoms with Gasteiger partial charge in [0.25, 0.3) is 0 Å². The van der Waals surface area contributed by atoms with Crippen LogP contribution in [0, 0.1) is 19.7 Å². The molecule has 1 atom stereocenters. The molecule has 0 aliphatic rings. The number of rotatable bonds is 3. The van der Waals surface area contributed by atoms with Gasteiger partial charge in [-0.25, -0.2) is 4.39 Å². The van der Waals surface area contributed by atoms with Crippen LogP contribution < -0.4 is 5.32 Å². The molecule has 2 rings (SSSR count). The Kier molecular flexibility index (Phi) is 3.72. The van der Waals surface area contributed by atoms with Crippen molar-refractivity contribution >= 4 is 0 Å². The molecule has 2 nitrogen and oxygen atoms in total. The van der Waals surface area contributed by atoms with Crippen LogP contribution in [0.4, 0.5) is 4.39 Å². The van der Waals surface area contributed by atoms with Crippen LogP contribution in [0.15, 0.2) is 36.7 Å². The van der Waals surface area contributed by atoms with Crippen LogP contribution in [-0.4, -0.2) is 12.0 Å². The Hall–Kier alpha value is -1.74. The van der Waals surface area contributed by atoms with Crippen LogP contribution in [0.5, 0.6) is 0 Å². The van der Waals surface area contributed by atoms with Gasteiger partial charge in [0.2, 0.25) is 0 Å². The third kappa shape index (κ3) is 2.57. The molecular weight excluding hydrogens is 227 g/mol. The summed E-state index contributed by atoms with van der Waals surface area (Å²) in [4.78, 5) is 3.91. The molecule has 0 fully saturated rings. The van der Waals surface area contributed by atoms with Crippen LogP contribution in [0.2, 0.25) is 0 Å². The summed E-state index contributed by atoms with van der Waals surface area (Å²) >= 11 is 0. The van der Waals surface area contributed by atoms with Gasteiger partial charge in [0.15, 0.2) is 0 Å². The van der Waals surface area contributed by atoms with Crippen LogP contribution in [0.25, 0.3) is 0 Å². The van der Waals surface area contributed by atoms with Gasteiger partial charge in [-0.05, 0) is 43.7 Å². The molecule has 0 radical (unpaired) electrons. The molecule has 0 aliphatic heterocycles. The second kappa shape index (κ2) is 5.27. The van der Waals surface area contributed by atoms with Crippen molar-refractivity contribution in [2.45, 2.75) is 19.9 Å². The van der Waals surface area contributed by atoms with E-state index in [1.54, 1.807) is 6.20 Å². The molecule has 1 heterocycles. The van der Waals surface area contributed by atoms with E-state index >= 15 is 0 Å². The molecule has 0 aliphatic carbocycles. The number of aromatic nitrogens is 1. The largest absolute Gasteiger partial charge is 0.309 e. The van der Waals surface area contributed by atoms with Crippen molar-refractivity contribution in [3.05, 3.63) is 64.7 Å². The Bertz CT molecular complexity index is 552. The smallest absolute Gasteiger partial charge is 0.141 e. The van der Waals surface area contributed by atoms with Crippen LogP contribution in [-0.2, 0) is 0 Å². The molecule has 1 aromatic heterocycles. The van der Waals surface area contributed by atoms with Crippen molar-refractivity contribution in [1.29, 1.82) is 0 Å². The molecule has 3 heteroatoms. The van der Waals surface area contributed by atoms with E-state index in [0.717, 1.165) is 11.1 Å². The molecule has 0 amide bonds. The van der Waals surface area contributed by atoms with Crippen molar-refractivity contribution in [1.82, 2.24) is 10.3 Å². The Balaban J connectivity index is 2.45. The lowest BCUT2D eigenvalue weighted by atomic mass is 9.95. The average Bonchev–Trinajstić information content (AvgIpc) is 2.33. The molecule has 0 saturated heterocycles. The maximum Gasteiger partial charge on any atom is 0.141 e. The van der Waals surface area contributed by atoms with E-state index in [2.05, 4.69) is 42.3 Å². The number of nitrogens with zero attached hydrogens (tertiary/aromatic N) is 1. The summed E-state index contributed by atoms with van der Waals surface area (Å²) in [7, 11) is 1.87. The summed E-state index contributed by atoms with van der Waals surface area (Å²) in [6.45, 7) is 4.13. The number of nitrogens with one attached hydrogen (secondary N) is 1. The highest BCUT2D eigenvalue weighted by Gasteiger charge is 2.15. The maximum atomic E-state index is 13.3. The second-order valence-corrected chi connectivity index (χ2v) is 4.52. The fraction of sp³-hybridized carbons (Fsp3) is 0.267. The Morgan fingerprint density at radius 2 is 1.94 bits per heavy atom. The Labute approximate surface area is 107 Å². The fourth-order valence-electron chi connectivity index (χ4n) is 2.24. The van der Waals surface area contributed by atoms with Crippen LogP contribution >= 0.6 is 0 Å². The van der Waals surface area contributed by atoms with E-state index in [1.165, 1.54) is 23.4 Å². The van der Waals surface area contributed by atoms with Gasteiger partial charge >= 0.3 is 0 Å². The molecule has 2 aromatic rings. The summed E-state index contributed by atoms with van der Waals surface area (Å²) in [5.74, 6) is -0.308. The minimum atomic E-state index is -0.308. The van der Waals surface area contributed by atoms with Crippen LogP contribution in [0.3, 0.4) is 0 Å². The summed E-state index contributed by atoms with van der Waals surface area (Å²) in [5.41, 5.74) is 4.40. The molecular formula is C15H17FN2. The molecule has 0 bridgehead atoms. The maximum absolute atomic E-state index is 13.3. The quantitative estimate of drug-likeness (QED) is 0.897. The zero-order chi connectivity index (χ0) is 13.1. The van der Waals surface area contributed by atoms with E-state index < -0.39 is 0 Å². The number of pyridine rings is 1. The minimum Gasteiger partial charge on any atom is -0.309 e. The van der Waals surface area contributed by atoms with Gasteiger partial charge in [-0.3, -0.25) is 4.98 Å². The molecule has 94 valence electrons. The second-order valence-electron chi connectivity index (χ2n) is 4.52. The number of aryl methyl sites for hydroxylation is 2. The summed E-state index contributed by atoms with van der Waals surface area (Å²) in [6, 6.07) is 7.77. The highest BCUT2D eigenvalue weighted by molar-refractivity contribution is 5.38. The van der Waals surface area contributed by atoms with Gasteiger partial charge in [0.05, 0.1) is 12.2 Å². The third-order valence-electron chi connectivity index (χ3n) is 3.08. The molecule has 0 saturated carbocycles. The van der Waals surface area contributed by atoms with Gasteiger partial charge in [-0.15, -0.1) is 0 Å². The summed E-state index contributed by atoms with van der Waals surface area (Å²) < 4.78 is 13.3. The van der Waals surface area contributed by atoms with Gasteiger partial charge in [0, 0.05) is 6.20 Å². The minimum absolute atomic E-state index is 0.0335. The topological polar surface area (TPSA) is 24.9 Å². The van der Waals surface area contributed by atoms with E-state index in [0.29, 0.717) is 0 Å². The normalized spacial score (nSPS) is 12.4. The van der Waals surface area contributed by atoms with Gasteiger partial charge in [0.1, 0.15) is 5.82 Å². The van der Waals surface area contributed by atoms with Crippen molar-refractivity contribution in [3.8, 4) is 0 Å². The van der Waals surface area contributed by atoms with Gasteiger partial charge in [-0.2, -0.15) is 0 Å². The lowest BCUT2D eigenvalue weighted by Gasteiger charge is -2.19. The molecule has 18 heavy (non-hydrogen) atoms. The third-order valence-corrected chi connectivity index (χ3v) is 3.08. The lowest BCUT2D eigenvalue weighted by molar-refractivity contribution is 0.608. The van der Waals surface area contributed by atoms with Crippen molar-refractivity contribution in [2.75, 3.05) is 7.05 Å². The number of hydrogen-bond donors (Lipinski definition) is 1. The number of halogens is 1. The Morgan fingerprint density at radius 3 is 2.56 bits per heavy atom. The van der Waals surface area contributed by atoms with Gasteiger partial charge in [-0.1, -0.05) is 23.8 Å². The zero-order valence-electron chi connectivity index (χ0n) is 10.9. The van der Waals surface area contributed by atoms with Crippen molar-refractivity contribution in [2.24, 2.45) is 0 Å². The number of benzene rings is 1. The number of hydrogen-bond acceptors (Lipinski definition) is 2. The molecule has 1 aromatic carbocycles. The highest BCUT2D eigenvalue weighted by atomic mass is 19.1. The standard InChI is InChI=1S/C15H17FN2/c1-10-4-5-14(11(2)6-10)15(17-3)12-7-13(16)9-18-8-12/h4-9,15,17H,1-3H3. The summed E-state index contributed by atoms with van der Waals surface area (Å²) in [6.07, 6.45) is 2.92. The van der Waals surface area contributed by atoms with Gasteiger partial charge < -0.3 is 5.32 Å². The van der Waals surface area contributed by atoms with Crippen molar-refractivity contribution < 1.29 is 4.39 Å². The zero-order valence-corrected chi connectivity index (χ0v) is 10.9. The monoisotopic (exact) mass is 244 g/mol. The SMILES string of the molecule is CNC(c1cncc(F)c1)c1ccc(C)cc1C. The predicted octanol–water partition coefficient (Wildman–Crippen LogP) is 3.15. The Morgan fingerprint density at radius 1 is 1.17 bits per heavy atom. The lowest BCUT2D eigenvalue weighted by Crippen LogP contribution is -2.19. The summed E-state index contributed by atoms with van der Waals surface area (Å²) in [5, 5.41) is 3.22. The first-order chi connectivity index (χ1) is 8.61. The first-order valence-electron chi connectivity index (χ1n) is 5.96. The first kappa shape index (κ1) is 12.7. The highest BCUT2D eigenvalue weighted by Crippen LogP contribution is 2.25. The average molecular weight is 244 g/mol. The molecule has 1 N–H and O–H groups in total. The van der Waals surface area contributed by atoms with E-state index in [4.69, 9.17) is 0 Å². The van der Waals surface area contributed by atoms with E-state index in [-0.39, 0.29) is 11.9 Å². The van der Waals surface area contributed by atoms with E-state index in [9.17, 15) is 4.39 Å². The first-order valence-corrected chi connectivity index (χ1v) is 5.96. The molecule has 0 spiro atoms.